The van der Waals surface area contributed by atoms with Crippen molar-refractivity contribution in [1.29, 1.82) is 0 Å². The van der Waals surface area contributed by atoms with Crippen molar-refractivity contribution in [2.75, 3.05) is 0 Å². The molecule has 0 aliphatic carbocycles. The van der Waals surface area contributed by atoms with E-state index in [4.69, 9.17) is 14.2 Å². The summed E-state index contributed by atoms with van der Waals surface area (Å²) in [6.07, 6.45) is 42.2. The van der Waals surface area contributed by atoms with Crippen LogP contribution in [0.4, 0.5) is 0 Å². The van der Waals surface area contributed by atoms with Crippen LogP contribution < -0.4 is 14.2 Å². The summed E-state index contributed by atoms with van der Waals surface area (Å²) >= 11 is 0. The first kappa shape index (κ1) is 80.9. The first-order chi connectivity index (χ1) is 43.2. The van der Waals surface area contributed by atoms with Crippen molar-refractivity contribution in [2.45, 2.75) is 388 Å². The molecule has 0 amide bonds. The zero-order chi connectivity index (χ0) is 68.7. The Morgan fingerprint density at radius 2 is 0.565 bits per heavy atom. The van der Waals surface area contributed by atoms with Gasteiger partial charge in [0.2, 0.25) is 0 Å². The minimum atomic E-state index is -0.0712. The number of phenolic OH excluding ortho intramolecular Hbond substituents is 3. The molecule has 0 fully saturated rings. The van der Waals surface area contributed by atoms with E-state index >= 15 is 0 Å². The molecule has 3 aromatic rings. The average Bonchev–Trinajstić information content (AvgIpc) is 1.04. The van der Waals surface area contributed by atoms with Gasteiger partial charge in [-0.3, -0.25) is 0 Å². The molecule has 0 saturated heterocycles. The molecule has 92 heavy (non-hydrogen) atoms. The molecule has 0 spiro atoms. The van der Waals surface area contributed by atoms with Gasteiger partial charge in [0.15, 0.2) is 0 Å². The maximum absolute atomic E-state index is 10.4. The van der Waals surface area contributed by atoms with Gasteiger partial charge in [-0.1, -0.05) is 218 Å². The fourth-order valence-electron chi connectivity index (χ4n) is 15.5. The van der Waals surface area contributed by atoms with Gasteiger partial charge in [0, 0.05) is 11.1 Å². The van der Waals surface area contributed by atoms with Crippen molar-refractivity contribution in [1.82, 2.24) is 0 Å². The molecule has 0 aromatic heterocycles. The minimum Gasteiger partial charge on any atom is -0.508 e. The molecule has 0 radical (unpaired) electrons. The lowest BCUT2D eigenvalue weighted by molar-refractivity contribution is 0.0509. The summed E-state index contributed by atoms with van der Waals surface area (Å²) in [5.74, 6) is 12.0. The van der Waals surface area contributed by atoms with Gasteiger partial charge in [0.1, 0.15) is 51.3 Å². The summed E-state index contributed by atoms with van der Waals surface area (Å²) in [6, 6.07) is 1.91. The third-order valence-electron chi connectivity index (χ3n) is 23.2. The summed E-state index contributed by atoms with van der Waals surface area (Å²) in [5.41, 5.74) is 11.6. The fourth-order valence-corrected chi connectivity index (χ4v) is 15.5. The molecule has 3 heterocycles. The largest absolute Gasteiger partial charge is 0.508 e. The van der Waals surface area contributed by atoms with E-state index in [9.17, 15) is 15.3 Å². The van der Waals surface area contributed by atoms with Crippen LogP contribution in [0.5, 0.6) is 34.5 Å². The molecule has 528 valence electrons. The molecule has 0 bridgehead atoms. The van der Waals surface area contributed by atoms with E-state index in [1.165, 1.54) is 171 Å². The predicted octanol–water partition coefficient (Wildman–Crippen LogP) is 26.2. The average molecular weight is 1280 g/mol. The Kier molecular flexibility index (Phi) is 34.3. The Labute approximate surface area is 569 Å². The van der Waals surface area contributed by atoms with Gasteiger partial charge in [0.25, 0.3) is 0 Å². The lowest BCUT2D eigenvalue weighted by atomic mass is 9.84. The maximum atomic E-state index is 10.4. The topological polar surface area (TPSA) is 88.4 Å². The molecule has 3 aliphatic rings. The molecule has 3 aliphatic heterocycles. The normalized spacial score (nSPS) is 20.5. The Balaban J connectivity index is 0.000000294. The van der Waals surface area contributed by atoms with E-state index in [2.05, 4.69) is 125 Å². The molecule has 6 rings (SSSR count). The van der Waals surface area contributed by atoms with Crippen LogP contribution in [0, 0.1) is 109 Å². The van der Waals surface area contributed by atoms with Crippen LogP contribution in [0.3, 0.4) is 0 Å². The second-order valence-corrected chi connectivity index (χ2v) is 33.9. The molecule has 0 saturated carbocycles. The maximum Gasteiger partial charge on any atom is 0.127 e. The van der Waals surface area contributed by atoms with Gasteiger partial charge in [-0.05, 0) is 263 Å². The molecular weight excluding hydrogens is 1130 g/mol. The second-order valence-electron chi connectivity index (χ2n) is 33.9. The van der Waals surface area contributed by atoms with Crippen LogP contribution in [0.2, 0.25) is 0 Å². The lowest BCUT2D eigenvalue weighted by Crippen LogP contribution is -2.37. The monoisotopic (exact) mass is 1280 g/mol. The molecule has 6 nitrogen and oxygen atoms in total. The number of hydrogen-bond acceptors (Lipinski definition) is 6. The third kappa shape index (κ3) is 26.5. The summed E-state index contributed by atoms with van der Waals surface area (Å²) < 4.78 is 19.7. The second kappa shape index (κ2) is 39.0. The van der Waals surface area contributed by atoms with Gasteiger partial charge >= 0.3 is 0 Å². The van der Waals surface area contributed by atoms with Crippen molar-refractivity contribution in [2.24, 2.45) is 53.3 Å². The number of aromatic hydroxyl groups is 3. The highest BCUT2D eigenvalue weighted by atomic mass is 16.5. The first-order valence-corrected chi connectivity index (χ1v) is 38.7. The number of ether oxygens (including phenoxy) is 3. The smallest absolute Gasteiger partial charge is 0.127 e. The summed E-state index contributed by atoms with van der Waals surface area (Å²) in [6.45, 7) is 51.7. The molecule has 3 N–H and O–H groups in total. The third-order valence-corrected chi connectivity index (χ3v) is 23.2. The zero-order valence-electron chi connectivity index (χ0n) is 64.7. The Bertz CT molecular complexity index is 2520. The van der Waals surface area contributed by atoms with Crippen molar-refractivity contribution < 1.29 is 29.5 Å². The van der Waals surface area contributed by atoms with Crippen molar-refractivity contribution in [3.63, 3.8) is 0 Å². The van der Waals surface area contributed by atoms with Crippen LogP contribution in [0.15, 0.2) is 6.07 Å². The highest BCUT2D eigenvalue weighted by Crippen LogP contribution is 2.47. The van der Waals surface area contributed by atoms with E-state index in [1.54, 1.807) is 0 Å². The number of fused-ring (bicyclic) bond motifs is 3. The Hall–Kier alpha value is -3.54. The van der Waals surface area contributed by atoms with Gasteiger partial charge in [-0.25, -0.2) is 0 Å². The van der Waals surface area contributed by atoms with Crippen molar-refractivity contribution in [3.05, 3.63) is 67.3 Å². The standard InChI is InChI=1S/2C29H50O2.C28H48O2/c2*1-20(2)12-9-13-21(3)14-10-15-22(4)16-11-18-29(8)19-17-26-25(7)27(30)23(5)24(6)28(26)31-29;1-20(2)11-8-12-21(3)13-9-14-22(4)15-10-17-28(7)18-16-25-19-26(29)23(5)24(6)27(25)30-28/h2*20-22,30H,9-19H2,1-8H3;19-22,29H,8-18H2,1-7H3/t21?,22?,29-;;21?,22?,28-/m1.1/s1. The van der Waals surface area contributed by atoms with Crippen LogP contribution in [0.1, 0.15) is 358 Å². The van der Waals surface area contributed by atoms with E-state index in [0.29, 0.717) is 17.2 Å². The van der Waals surface area contributed by atoms with Crippen molar-refractivity contribution >= 4 is 0 Å². The summed E-state index contributed by atoms with van der Waals surface area (Å²) in [4.78, 5) is 0. The quantitative estimate of drug-likeness (QED) is 0.0538. The van der Waals surface area contributed by atoms with Gasteiger partial charge < -0.3 is 29.5 Å². The fraction of sp³-hybridized carbons (Fsp3) is 0.791. The molecular formula is C86H148O6. The highest BCUT2D eigenvalue weighted by molar-refractivity contribution is 5.59. The number of phenols is 3. The lowest BCUT2D eigenvalue weighted by Gasteiger charge is -2.38. The van der Waals surface area contributed by atoms with E-state index in [-0.39, 0.29) is 16.8 Å². The number of hydrogen-bond donors (Lipinski definition) is 3. The van der Waals surface area contributed by atoms with Gasteiger partial charge in [-0.2, -0.15) is 0 Å². The molecule has 3 aromatic carbocycles. The Morgan fingerprint density at radius 3 is 0.859 bits per heavy atom. The zero-order valence-corrected chi connectivity index (χ0v) is 64.7. The van der Waals surface area contributed by atoms with Crippen LogP contribution in [-0.2, 0) is 19.3 Å². The SMILES string of the molecule is Cc1c(C)c2c(c(C)c1O)CCC(C)(CCCC(C)CCCC(C)CCCC(C)C)O2.Cc1c(C)c2c(c(C)c1O)CC[C@@](C)(CCCC(C)CCCC(C)CCCC(C)C)O2.Cc1c(O)cc2c(c1C)O[C@](C)(CCCC(C)CCCC(C)CCCC(C)C)CC2. The molecule has 7 unspecified atom stereocenters. The number of benzene rings is 3. The minimum absolute atomic E-state index is 0.0637. The van der Waals surface area contributed by atoms with Crippen molar-refractivity contribution in [3.8, 4) is 34.5 Å². The summed E-state index contributed by atoms with van der Waals surface area (Å²) in [5, 5.41) is 30.9. The number of rotatable bonds is 36. The highest BCUT2D eigenvalue weighted by Gasteiger charge is 2.37. The van der Waals surface area contributed by atoms with Gasteiger partial charge in [0.05, 0.1) is 0 Å². The van der Waals surface area contributed by atoms with Crippen LogP contribution in [-0.4, -0.2) is 32.1 Å². The van der Waals surface area contributed by atoms with E-state index in [0.717, 1.165) is 173 Å². The molecule has 9 atom stereocenters. The van der Waals surface area contributed by atoms with Crippen LogP contribution in [0.25, 0.3) is 0 Å². The van der Waals surface area contributed by atoms with Gasteiger partial charge in [-0.15, -0.1) is 0 Å². The first-order valence-electron chi connectivity index (χ1n) is 38.7. The Morgan fingerprint density at radius 1 is 0.315 bits per heavy atom. The summed E-state index contributed by atoms with van der Waals surface area (Å²) in [7, 11) is 0. The predicted molar refractivity (Wildman–Crippen MR) is 398 cm³/mol. The van der Waals surface area contributed by atoms with E-state index < -0.39 is 0 Å². The molecule has 6 heteroatoms. The number of aryl methyl sites for hydroxylation is 1. The van der Waals surface area contributed by atoms with Crippen LogP contribution >= 0.6 is 0 Å². The van der Waals surface area contributed by atoms with E-state index in [1.807, 2.05) is 40.7 Å².